The van der Waals surface area contributed by atoms with Crippen molar-refractivity contribution in [3.05, 3.63) is 35.9 Å². The number of nitrogens with one attached hydrogen (secondary N) is 1. The minimum Gasteiger partial charge on any atom is -0.493 e. The van der Waals surface area contributed by atoms with Gasteiger partial charge in [0.25, 0.3) is 5.91 Å². The molecule has 1 aromatic carbocycles. The van der Waals surface area contributed by atoms with E-state index in [0.717, 1.165) is 25.2 Å². The van der Waals surface area contributed by atoms with Crippen LogP contribution in [0.25, 0.3) is 0 Å². The van der Waals surface area contributed by atoms with Crippen molar-refractivity contribution in [1.29, 1.82) is 0 Å². The first-order valence-electron chi connectivity index (χ1n) is 7.97. The molecule has 0 atom stereocenters. The van der Waals surface area contributed by atoms with E-state index in [1.807, 2.05) is 6.07 Å². The second-order valence-electron chi connectivity index (χ2n) is 5.15. The van der Waals surface area contributed by atoms with Crippen molar-refractivity contribution in [2.24, 2.45) is 0 Å². The van der Waals surface area contributed by atoms with Gasteiger partial charge in [0.2, 0.25) is 0 Å². The van der Waals surface area contributed by atoms with Gasteiger partial charge in [-0.3, -0.25) is 4.79 Å². The summed E-state index contributed by atoms with van der Waals surface area (Å²) in [5.74, 6) is 1.09. The van der Waals surface area contributed by atoms with E-state index in [1.54, 1.807) is 26.4 Å². The number of hydrogen-bond donors (Lipinski definition) is 1. The monoisotopic (exact) mass is 320 g/mol. The molecule has 0 heterocycles. The Labute approximate surface area is 139 Å². The smallest absolute Gasteiger partial charge is 0.251 e. The summed E-state index contributed by atoms with van der Waals surface area (Å²) in [6, 6.07) is 3.54. The highest BCUT2D eigenvalue weighted by molar-refractivity contribution is 5.95. The quantitative estimate of drug-likeness (QED) is 0.673. The second kappa shape index (κ2) is 9.90. The molecule has 1 amide bonds. The summed E-state index contributed by atoms with van der Waals surface area (Å²) in [7, 11) is 3.16. The number of ether oxygens (including phenoxy) is 2. The average Bonchev–Trinajstić information content (AvgIpc) is 2.58. The van der Waals surface area contributed by atoms with Gasteiger partial charge < -0.3 is 19.7 Å². The van der Waals surface area contributed by atoms with Crippen LogP contribution in [-0.4, -0.2) is 51.2 Å². The Morgan fingerprint density at radius 2 is 1.96 bits per heavy atom. The predicted octanol–water partition coefficient (Wildman–Crippen LogP) is 2.50. The van der Waals surface area contributed by atoms with Crippen molar-refractivity contribution in [3.63, 3.8) is 0 Å². The third-order valence-corrected chi connectivity index (χ3v) is 3.79. The molecule has 0 aliphatic carbocycles. The minimum absolute atomic E-state index is 0.108. The number of rotatable bonds is 10. The Balaban J connectivity index is 2.87. The lowest BCUT2D eigenvalue weighted by molar-refractivity contribution is 0.0948. The fraction of sp³-hybridized carbons (Fsp3) is 0.500. The fourth-order valence-electron chi connectivity index (χ4n) is 2.45. The van der Waals surface area contributed by atoms with Crippen molar-refractivity contribution < 1.29 is 14.3 Å². The summed E-state index contributed by atoms with van der Waals surface area (Å²) in [6.45, 7) is 11.4. The first-order chi connectivity index (χ1) is 11.1. The van der Waals surface area contributed by atoms with E-state index < -0.39 is 0 Å². The zero-order chi connectivity index (χ0) is 17.2. The molecule has 1 aromatic rings. The number of hydrogen-bond acceptors (Lipinski definition) is 4. The van der Waals surface area contributed by atoms with E-state index in [1.165, 1.54) is 0 Å². The topological polar surface area (TPSA) is 50.8 Å². The minimum atomic E-state index is -0.108. The molecule has 5 heteroatoms. The highest BCUT2D eigenvalue weighted by atomic mass is 16.5. The number of methoxy groups -OCH3 is 2. The largest absolute Gasteiger partial charge is 0.493 e. The highest BCUT2D eigenvalue weighted by Crippen LogP contribution is 2.33. The normalized spacial score (nSPS) is 10.5. The van der Waals surface area contributed by atoms with Crippen LogP contribution in [0.15, 0.2) is 24.8 Å². The van der Waals surface area contributed by atoms with E-state index in [-0.39, 0.29) is 5.91 Å². The molecule has 128 valence electrons. The molecule has 0 unspecified atom stereocenters. The van der Waals surface area contributed by atoms with E-state index >= 15 is 0 Å². The van der Waals surface area contributed by atoms with Crippen LogP contribution >= 0.6 is 0 Å². The van der Waals surface area contributed by atoms with Gasteiger partial charge in [0.05, 0.1) is 14.2 Å². The maximum Gasteiger partial charge on any atom is 0.251 e. The molecule has 5 nitrogen and oxygen atoms in total. The summed E-state index contributed by atoms with van der Waals surface area (Å²) < 4.78 is 10.7. The highest BCUT2D eigenvalue weighted by Gasteiger charge is 2.15. The van der Waals surface area contributed by atoms with Crippen molar-refractivity contribution in [2.75, 3.05) is 40.4 Å². The average molecular weight is 320 g/mol. The molecule has 0 aliphatic heterocycles. The van der Waals surface area contributed by atoms with Crippen LogP contribution in [-0.2, 0) is 6.42 Å². The Morgan fingerprint density at radius 3 is 2.48 bits per heavy atom. The third-order valence-electron chi connectivity index (χ3n) is 3.79. The van der Waals surface area contributed by atoms with E-state index in [2.05, 4.69) is 30.6 Å². The van der Waals surface area contributed by atoms with Gasteiger partial charge in [-0.1, -0.05) is 19.9 Å². The first-order valence-corrected chi connectivity index (χ1v) is 7.97. The first kappa shape index (κ1) is 19.0. The van der Waals surface area contributed by atoms with Gasteiger partial charge >= 0.3 is 0 Å². The maximum absolute atomic E-state index is 12.4. The fourth-order valence-corrected chi connectivity index (χ4v) is 2.45. The lowest BCUT2D eigenvalue weighted by Crippen LogP contribution is -2.34. The summed E-state index contributed by atoms with van der Waals surface area (Å²) in [4.78, 5) is 14.6. The molecule has 0 saturated carbocycles. The van der Waals surface area contributed by atoms with Crippen molar-refractivity contribution in [2.45, 2.75) is 20.3 Å². The van der Waals surface area contributed by atoms with Crippen LogP contribution in [0.3, 0.4) is 0 Å². The molecule has 0 fully saturated rings. The van der Waals surface area contributed by atoms with Gasteiger partial charge in [0.15, 0.2) is 11.5 Å². The molecule has 0 aliphatic rings. The van der Waals surface area contributed by atoms with Crippen molar-refractivity contribution in [1.82, 2.24) is 10.2 Å². The molecule has 0 saturated heterocycles. The zero-order valence-corrected chi connectivity index (χ0v) is 14.6. The molecular formula is C18H28N2O3. The van der Waals surface area contributed by atoms with Crippen LogP contribution in [0.4, 0.5) is 0 Å². The van der Waals surface area contributed by atoms with Gasteiger partial charge in [0, 0.05) is 24.2 Å². The Morgan fingerprint density at radius 1 is 1.26 bits per heavy atom. The number of allylic oxidation sites excluding steroid dienone is 1. The summed E-state index contributed by atoms with van der Waals surface area (Å²) in [5.41, 5.74) is 1.45. The van der Waals surface area contributed by atoms with Gasteiger partial charge in [-0.2, -0.15) is 0 Å². The Hall–Kier alpha value is -2.01. The molecule has 1 N–H and O–H groups in total. The predicted molar refractivity (Wildman–Crippen MR) is 93.6 cm³/mol. The number of benzene rings is 1. The molecule has 23 heavy (non-hydrogen) atoms. The summed E-state index contributed by atoms with van der Waals surface area (Å²) >= 11 is 0. The number of carbonyl (C=O) groups is 1. The van der Waals surface area contributed by atoms with Gasteiger partial charge in [0.1, 0.15) is 0 Å². The third kappa shape index (κ3) is 5.28. The van der Waals surface area contributed by atoms with Crippen molar-refractivity contribution in [3.8, 4) is 11.5 Å². The zero-order valence-electron chi connectivity index (χ0n) is 14.6. The molecule has 1 rings (SSSR count). The van der Waals surface area contributed by atoms with E-state index in [9.17, 15) is 4.79 Å². The number of likely N-dealkylation sites (N-methyl/N-ethyl adjacent to an activating group) is 1. The van der Waals surface area contributed by atoms with Crippen LogP contribution in [0.1, 0.15) is 29.8 Å². The Kier molecular flexibility index (Phi) is 8.19. The van der Waals surface area contributed by atoms with Crippen LogP contribution in [0.2, 0.25) is 0 Å². The van der Waals surface area contributed by atoms with Gasteiger partial charge in [-0.05, 0) is 31.6 Å². The van der Waals surface area contributed by atoms with Crippen LogP contribution in [0.5, 0.6) is 11.5 Å². The maximum atomic E-state index is 12.4. The van der Waals surface area contributed by atoms with Gasteiger partial charge in [-0.25, -0.2) is 0 Å². The number of nitrogens with zero attached hydrogens (tertiary/aromatic N) is 1. The van der Waals surface area contributed by atoms with E-state index in [0.29, 0.717) is 30.0 Å². The van der Waals surface area contributed by atoms with Crippen molar-refractivity contribution >= 4 is 5.91 Å². The van der Waals surface area contributed by atoms with Crippen LogP contribution < -0.4 is 14.8 Å². The molecule has 0 bridgehead atoms. The summed E-state index contributed by atoms with van der Waals surface area (Å²) in [6.07, 6.45) is 2.39. The second-order valence-corrected chi connectivity index (χ2v) is 5.15. The van der Waals surface area contributed by atoms with Gasteiger partial charge in [-0.15, -0.1) is 6.58 Å². The molecular weight excluding hydrogens is 292 g/mol. The molecule has 0 radical (unpaired) electrons. The SMILES string of the molecule is C=CCc1cc(C(=O)NCCN(CC)CC)cc(OC)c1OC. The number of carbonyl (C=O) groups excluding carboxylic acids is 1. The summed E-state index contributed by atoms with van der Waals surface area (Å²) in [5, 5.41) is 2.95. The molecule has 0 spiro atoms. The number of amides is 1. The van der Waals surface area contributed by atoms with E-state index in [4.69, 9.17) is 9.47 Å². The lowest BCUT2D eigenvalue weighted by Gasteiger charge is -2.18. The van der Waals surface area contributed by atoms with Crippen LogP contribution in [0, 0.1) is 0 Å². The standard InChI is InChI=1S/C18H28N2O3/c1-6-9-14-12-15(13-16(22-4)17(14)23-5)18(21)19-10-11-20(7-2)8-3/h6,12-13H,1,7-11H2,2-5H3,(H,19,21). The lowest BCUT2D eigenvalue weighted by atomic mass is 10.0. The molecule has 0 aromatic heterocycles. The Bertz CT molecular complexity index is 525.